The van der Waals surface area contributed by atoms with Crippen molar-refractivity contribution in [2.45, 2.75) is 6.42 Å². The van der Waals surface area contributed by atoms with Gasteiger partial charge < -0.3 is 15.3 Å². The van der Waals surface area contributed by atoms with Gasteiger partial charge in [-0.05, 0) is 17.9 Å². The van der Waals surface area contributed by atoms with Gasteiger partial charge in [-0.3, -0.25) is 4.79 Å². The van der Waals surface area contributed by atoms with Crippen molar-refractivity contribution in [3.63, 3.8) is 0 Å². The van der Waals surface area contributed by atoms with Crippen LogP contribution in [0.15, 0.2) is 43.0 Å². The van der Waals surface area contributed by atoms with E-state index in [1.807, 2.05) is 24.3 Å². The molecule has 2 aromatic carbocycles. The van der Waals surface area contributed by atoms with Crippen LogP contribution in [0, 0.1) is 0 Å². The maximum Gasteiger partial charge on any atom is 0.290 e. The molecule has 0 bridgehead atoms. The van der Waals surface area contributed by atoms with Crippen LogP contribution in [-0.2, 0) is 11.2 Å². The highest BCUT2D eigenvalue weighted by Crippen LogP contribution is 2.37. The second-order valence-corrected chi connectivity index (χ2v) is 3.55. The average molecular weight is 246 g/mol. The molecular formula is C14H14O4. The fourth-order valence-corrected chi connectivity index (χ4v) is 1.69. The first-order valence-corrected chi connectivity index (χ1v) is 5.27. The summed E-state index contributed by atoms with van der Waals surface area (Å²) in [4.78, 5) is 8.36. The molecule has 0 aliphatic carbocycles. The Labute approximate surface area is 104 Å². The summed E-state index contributed by atoms with van der Waals surface area (Å²) >= 11 is 0. The number of phenols is 2. The quantitative estimate of drug-likeness (QED) is 0.432. The second-order valence-electron chi connectivity index (χ2n) is 3.55. The lowest BCUT2D eigenvalue weighted by atomic mass is 10.0. The molecule has 0 saturated carbocycles. The summed E-state index contributed by atoms with van der Waals surface area (Å²) in [6.45, 7) is 3.36. The summed E-state index contributed by atoms with van der Waals surface area (Å²) < 4.78 is 0. The molecule has 2 rings (SSSR count). The highest BCUT2D eigenvalue weighted by Gasteiger charge is 2.09. The summed E-state index contributed by atoms with van der Waals surface area (Å²) in [7, 11) is 0. The van der Waals surface area contributed by atoms with Crippen LogP contribution in [0.3, 0.4) is 0 Å². The van der Waals surface area contributed by atoms with Gasteiger partial charge in [0.15, 0.2) is 11.5 Å². The molecule has 2 aromatic rings. The zero-order valence-corrected chi connectivity index (χ0v) is 9.71. The Kier molecular flexibility index (Phi) is 4.75. The fraction of sp³-hybridized carbons (Fsp3) is 0.0714. The van der Waals surface area contributed by atoms with E-state index in [0.717, 1.165) is 5.39 Å². The molecule has 0 aromatic heterocycles. The molecule has 0 aliphatic rings. The molecule has 0 atom stereocenters. The van der Waals surface area contributed by atoms with Crippen molar-refractivity contribution in [2.24, 2.45) is 0 Å². The van der Waals surface area contributed by atoms with Gasteiger partial charge in [0, 0.05) is 10.9 Å². The molecule has 0 saturated heterocycles. The number of aromatic hydroxyl groups is 2. The van der Waals surface area contributed by atoms with E-state index in [4.69, 9.17) is 9.90 Å². The number of carboxylic acid groups (broad SMARTS) is 1. The number of hydrogen-bond acceptors (Lipinski definition) is 3. The predicted octanol–water partition coefficient (Wildman–Crippen LogP) is 2.68. The van der Waals surface area contributed by atoms with E-state index in [-0.39, 0.29) is 18.0 Å². The maximum absolute atomic E-state index is 9.78. The van der Waals surface area contributed by atoms with Gasteiger partial charge in [0.05, 0.1) is 0 Å². The summed E-state index contributed by atoms with van der Waals surface area (Å²) in [6, 6.07) is 9.28. The van der Waals surface area contributed by atoms with E-state index in [1.54, 1.807) is 12.1 Å². The smallest absolute Gasteiger partial charge is 0.290 e. The average Bonchev–Trinajstić information content (AvgIpc) is 2.37. The molecule has 0 unspecified atom stereocenters. The van der Waals surface area contributed by atoms with Crippen molar-refractivity contribution in [1.82, 2.24) is 0 Å². The molecule has 0 aliphatic heterocycles. The lowest BCUT2D eigenvalue weighted by Crippen LogP contribution is -1.85. The van der Waals surface area contributed by atoms with E-state index < -0.39 is 0 Å². The van der Waals surface area contributed by atoms with Gasteiger partial charge in [-0.2, -0.15) is 0 Å². The number of carbonyl (C=O) groups is 1. The number of benzene rings is 2. The van der Waals surface area contributed by atoms with E-state index in [9.17, 15) is 10.2 Å². The number of allylic oxidation sites excluding steroid dienone is 1. The van der Waals surface area contributed by atoms with Crippen molar-refractivity contribution in [3.8, 4) is 11.5 Å². The van der Waals surface area contributed by atoms with Gasteiger partial charge in [-0.1, -0.05) is 30.3 Å². The Morgan fingerprint density at radius 3 is 2.39 bits per heavy atom. The number of rotatable bonds is 2. The SMILES string of the molecule is C=CCc1cc2ccccc2c(O)c1O.O=CO. The molecular weight excluding hydrogens is 232 g/mol. The van der Waals surface area contributed by atoms with Crippen LogP contribution in [0.25, 0.3) is 10.8 Å². The summed E-state index contributed by atoms with van der Waals surface area (Å²) in [5, 5.41) is 28.0. The van der Waals surface area contributed by atoms with Gasteiger partial charge >= 0.3 is 0 Å². The van der Waals surface area contributed by atoms with E-state index in [1.165, 1.54) is 0 Å². The topological polar surface area (TPSA) is 77.8 Å². The van der Waals surface area contributed by atoms with Crippen LogP contribution in [0.4, 0.5) is 0 Å². The monoisotopic (exact) mass is 246 g/mol. The molecule has 18 heavy (non-hydrogen) atoms. The van der Waals surface area contributed by atoms with Gasteiger partial charge in [0.1, 0.15) is 0 Å². The fourth-order valence-electron chi connectivity index (χ4n) is 1.69. The molecule has 3 N–H and O–H groups in total. The highest BCUT2D eigenvalue weighted by atomic mass is 16.3. The molecule has 0 radical (unpaired) electrons. The van der Waals surface area contributed by atoms with Gasteiger partial charge in [-0.15, -0.1) is 6.58 Å². The van der Waals surface area contributed by atoms with Crippen LogP contribution in [0.2, 0.25) is 0 Å². The summed E-state index contributed by atoms with van der Waals surface area (Å²) in [5.41, 5.74) is 0.696. The zero-order chi connectivity index (χ0) is 13.5. The lowest BCUT2D eigenvalue weighted by Gasteiger charge is -2.07. The minimum Gasteiger partial charge on any atom is -0.504 e. The normalized spacial score (nSPS) is 9.33. The molecule has 94 valence electrons. The number of hydrogen-bond donors (Lipinski definition) is 3. The largest absolute Gasteiger partial charge is 0.504 e. The molecule has 0 fully saturated rings. The highest BCUT2D eigenvalue weighted by molar-refractivity contribution is 5.91. The molecule has 0 amide bonds. The predicted molar refractivity (Wildman–Crippen MR) is 69.9 cm³/mol. The third-order valence-electron chi connectivity index (χ3n) is 2.44. The van der Waals surface area contributed by atoms with Crippen LogP contribution in [0.5, 0.6) is 11.5 Å². The maximum atomic E-state index is 9.78. The Morgan fingerprint density at radius 1 is 1.17 bits per heavy atom. The van der Waals surface area contributed by atoms with E-state index >= 15 is 0 Å². The van der Waals surface area contributed by atoms with Crippen LogP contribution < -0.4 is 0 Å². The van der Waals surface area contributed by atoms with Crippen molar-refractivity contribution in [3.05, 3.63) is 48.6 Å². The number of phenolic OH excluding ortho intramolecular Hbond substituents is 2. The van der Waals surface area contributed by atoms with E-state index in [2.05, 4.69) is 6.58 Å². The number of fused-ring (bicyclic) bond motifs is 1. The van der Waals surface area contributed by atoms with Crippen LogP contribution >= 0.6 is 0 Å². The minimum atomic E-state index is -0.250. The second kappa shape index (κ2) is 6.30. The first kappa shape index (κ1) is 13.6. The Hall–Kier alpha value is -2.49. The van der Waals surface area contributed by atoms with Crippen LogP contribution in [-0.4, -0.2) is 21.8 Å². The van der Waals surface area contributed by atoms with Gasteiger partial charge in [0.2, 0.25) is 0 Å². The van der Waals surface area contributed by atoms with Crippen molar-refractivity contribution < 1.29 is 20.1 Å². The minimum absolute atomic E-state index is 0.0476. The zero-order valence-electron chi connectivity index (χ0n) is 9.71. The third-order valence-corrected chi connectivity index (χ3v) is 2.44. The summed E-state index contributed by atoms with van der Waals surface area (Å²) in [5.74, 6) is -0.0986. The molecule has 4 nitrogen and oxygen atoms in total. The van der Waals surface area contributed by atoms with Gasteiger partial charge in [0.25, 0.3) is 6.47 Å². The first-order valence-electron chi connectivity index (χ1n) is 5.27. The standard InChI is InChI=1S/C13H12O2.CH2O2/c1-2-5-10-8-9-6-3-4-7-11(9)13(15)12(10)14;2-1-3/h2-4,6-8,14-15H,1,5H2;1H,(H,2,3). The summed E-state index contributed by atoms with van der Waals surface area (Å²) in [6.07, 6.45) is 2.24. The Balaban J connectivity index is 0.000000492. The first-order chi connectivity index (χ1) is 8.65. The van der Waals surface area contributed by atoms with Crippen molar-refractivity contribution >= 4 is 17.2 Å². The van der Waals surface area contributed by atoms with Crippen molar-refractivity contribution in [1.29, 1.82) is 0 Å². The van der Waals surface area contributed by atoms with E-state index in [0.29, 0.717) is 17.4 Å². The van der Waals surface area contributed by atoms with Crippen molar-refractivity contribution in [2.75, 3.05) is 0 Å². The third kappa shape index (κ3) is 2.79. The lowest BCUT2D eigenvalue weighted by molar-refractivity contribution is -0.122. The Bertz CT molecular complexity index is 561. The molecule has 0 spiro atoms. The Morgan fingerprint density at radius 2 is 1.78 bits per heavy atom. The van der Waals surface area contributed by atoms with Crippen LogP contribution in [0.1, 0.15) is 5.56 Å². The van der Waals surface area contributed by atoms with Gasteiger partial charge in [-0.25, -0.2) is 0 Å². The molecule has 0 heterocycles. The molecule has 4 heteroatoms.